The largest absolute Gasteiger partial charge is 0.506 e. The zero-order valence-electron chi connectivity index (χ0n) is 10.7. The molecule has 0 saturated carbocycles. The van der Waals surface area contributed by atoms with Crippen LogP contribution in [0.15, 0.2) is 46.0 Å². The summed E-state index contributed by atoms with van der Waals surface area (Å²) in [6, 6.07) is 2.61. The summed E-state index contributed by atoms with van der Waals surface area (Å²) in [7, 11) is 0. The molecule has 1 aliphatic carbocycles. The summed E-state index contributed by atoms with van der Waals surface area (Å²) in [5.41, 5.74) is 5.90. The number of carbonyl (C=O) groups is 2. The summed E-state index contributed by atoms with van der Waals surface area (Å²) in [5.74, 6) is -1.17. The monoisotopic (exact) mass is 322 g/mol. The fourth-order valence-electron chi connectivity index (χ4n) is 2.57. The Morgan fingerprint density at radius 3 is 2.86 bits per heavy atom. The number of amides is 3. The molecule has 2 aliphatic rings. The van der Waals surface area contributed by atoms with Gasteiger partial charge in [0.2, 0.25) is 0 Å². The summed E-state index contributed by atoms with van der Waals surface area (Å²) in [4.78, 5) is 25.5. The highest BCUT2D eigenvalue weighted by Gasteiger charge is 2.45. The average Bonchev–Trinajstić information content (AvgIpc) is 3.03. The minimum Gasteiger partial charge on any atom is -0.506 e. The van der Waals surface area contributed by atoms with Gasteiger partial charge in [-0.25, -0.2) is 9.69 Å². The molecule has 1 unspecified atom stereocenters. The number of thiophene rings is 1. The summed E-state index contributed by atoms with van der Waals surface area (Å²) in [6.45, 7) is 0. The molecule has 1 fully saturated rings. The van der Waals surface area contributed by atoms with Gasteiger partial charge in [-0.05, 0) is 30.0 Å². The van der Waals surface area contributed by atoms with Crippen molar-refractivity contribution in [1.82, 2.24) is 4.90 Å². The summed E-state index contributed by atoms with van der Waals surface area (Å²) in [6.07, 6.45) is 3.57. The predicted molar refractivity (Wildman–Crippen MR) is 80.4 cm³/mol. The lowest BCUT2D eigenvalue weighted by atomic mass is 9.91. The van der Waals surface area contributed by atoms with Crippen LogP contribution >= 0.6 is 22.9 Å². The number of hydrogen-bond acceptors (Lipinski definition) is 4. The van der Waals surface area contributed by atoms with E-state index in [2.05, 4.69) is 0 Å². The lowest BCUT2D eigenvalue weighted by molar-refractivity contribution is -0.121. The van der Waals surface area contributed by atoms with Gasteiger partial charge in [-0.2, -0.15) is 0 Å². The van der Waals surface area contributed by atoms with Crippen molar-refractivity contribution in [3.8, 4) is 0 Å². The number of rotatable bonds is 1. The number of likely N-dealkylation sites (tertiary alicyclic amines) is 1. The van der Waals surface area contributed by atoms with Crippen LogP contribution in [0.4, 0.5) is 4.79 Å². The van der Waals surface area contributed by atoms with Gasteiger partial charge < -0.3 is 10.8 Å². The summed E-state index contributed by atoms with van der Waals surface area (Å²) < 4.78 is 0. The minimum absolute atomic E-state index is 0.124. The predicted octanol–water partition coefficient (Wildman–Crippen LogP) is 2.96. The van der Waals surface area contributed by atoms with E-state index >= 15 is 0 Å². The van der Waals surface area contributed by atoms with Crippen molar-refractivity contribution in [1.29, 1.82) is 0 Å². The molecule has 1 aromatic heterocycles. The maximum Gasteiger partial charge on any atom is 0.326 e. The Morgan fingerprint density at radius 1 is 1.48 bits per heavy atom. The second-order valence-electron chi connectivity index (χ2n) is 4.68. The maximum atomic E-state index is 12.5. The number of fused-ring (bicyclic) bond motifs is 1. The number of carbonyl (C=O) groups excluding carboxylic acids is 2. The average molecular weight is 323 g/mol. The van der Waals surface area contributed by atoms with Crippen molar-refractivity contribution in [2.75, 3.05) is 0 Å². The van der Waals surface area contributed by atoms with Gasteiger partial charge in [-0.1, -0.05) is 17.7 Å². The fraction of sp³-hybridized carbons (Fsp3) is 0.143. The van der Waals surface area contributed by atoms with Crippen LogP contribution in [-0.2, 0) is 4.79 Å². The summed E-state index contributed by atoms with van der Waals surface area (Å²) in [5, 5.41) is 12.8. The van der Waals surface area contributed by atoms with Crippen molar-refractivity contribution < 1.29 is 14.7 Å². The quantitative estimate of drug-likeness (QED) is 0.616. The SMILES string of the molecule is NC(=O)N1C(=O)/C(=C(\O)c2cccs2)C2CC(Cl)=CC=C21. The number of aliphatic hydroxyl groups excluding tert-OH is 1. The number of imide groups is 1. The van der Waals surface area contributed by atoms with Crippen molar-refractivity contribution in [3.05, 3.63) is 50.8 Å². The molecule has 21 heavy (non-hydrogen) atoms. The molecule has 0 radical (unpaired) electrons. The van der Waals surface area contributed by atoms with Crippen LogP contribution in [0.1, 0.15) is 11.3 Å². The Hall–Kier alpha value is -2.05. The summed E-state index contributed by atoms with van der Waals surface area (Å²) >= 11 is 7.33. The van der Waals surface area contributed by atoms with Gasteiger partial charge >= 0.3 is 6.03 Å². The Kier molecular flexibility index (Phi) is 3.35. The van der Waals surface area contributed by atoms with E-state index in [0.29, 0.717) is 22.0 Å². The third-order valence-electron chi connectivity index (χ3n) is 3.46. The van der Waals surface area contributed by atoms with Crippen molar-refractivity contribution in [2.24, 2.45) is 11.7 Å². The van der Waals surface area contributed by atoms with E-state index in [1.54, 1.807) is 29.7 Å². The normalized spacial score (nSPS) is 23.6. The molecule has 3 N–H and O–H groups in total. The highest BCUT2D eigenvalue weighted by atomic mass is 35.5. The van der Waals surface area contributed by atoms with E-state index in [4.69, 9.17) is 17.3 Å². The zero-order valence-corrected chi connectivity index (χ0v) is 12.3. The number of nitrogens with two attached hydrogens (primary N) is 1. The van der Waals surface area contributed by atoms with E-state index < -0.39 is 17.9 Å². The van der Waals surface area contributed by atoms with Gasteiger partial charge in [0.1, 0.15) is 5.76 Å². The number of hydrogen-bond donors (Lipinski definition) is 2. The maximum absolute atomic E-state index is 12.5. The van der Waals surface area contributed by atoms with Crippen LogP contribution in [0.2, 0.25) is 0 Å². The number of aliphatic hydroxyl groups is 1. The molecule has 0 aromatic carbocycles. The van der Waals surface area contributed by atoms with Crippen molar-refractivity contribution in [2.45, 2.75) is 6.42 Å². The molecule has 1 saturated heterocycles. The minimum atomic E-state index is -0.864. The molecule has 7 heteroatoms. The molecule has 5 nitrogen and oxygen atoms in total. The topological polar surface area (TPSA) is 83.6 Å². The molecule has 1 aliphatic heterocycles. The zero-order chi connectivity index (χ0) is 15.1. The van der Waals surface area contributed by atoms with Crippen LogP contribution in [0, 0.1) is 5.92 Å². The second kappa shape index (κ2) is 5.05. The number of urea groups is 1. The van der Waals surface area contributed by atoms with E-state index in [0.717, 1.165) is 4.90 Å². The van der Waals surface area contributed by atoms with Crippen LogP contribution in [0.5, 0.6) is 0 Å². The number of halogens is 1. The van der Waals surface area contributed by atoms with Gasteiger partial charge in [-0.15, -0.1) is 11.3 Å². The Bertz CT molecular complexity index is 719. The molecule has 108 valence electrons. The van der Waals surface area contributed by atoms with Gasteiger partial charge in [0, 0.05) is 16.6 Å². The fourth-order valence-corrected chi connectivity index (χ4v) is 3.47. The molecule has 0 spiro atoms. The lowest BCUT2D eigenvalue weighted by Gasteiger charge is -2.18. The second-order valence-corrected chi connectivity index (χ2v) is 6.11. The van der Waals surface area contributed by atoms with E-state index in [-0.39, 0.29) is 11.3 Å². The molecular formula is C14H11ClN2O3S. The Balaban J connectivity index is 2.16. The van der Waals surface area contributed by atoms with Crippen molar-refractivity contribution >= 4 is 40.6 Å². The van der Waals surface area contributed by atoms with Gasteiger partial charge in [0.05, 0.1) is 10.5 Å². The smallest absolute Gasteiger partial charge is 0.326 e. The Morgan fingerprint density at radius 2 is 2.24 bits per heavy atom. The first kappa shape index (κ1) is 13.9. The van der Waals surface area contributed by atoms with Crippen molar-refractivity contribution in [3.63, 3.8) is 0 Å². The highest BCUT2D eigenvalue weighted by molar-refractivity contribution is 7.11. The first-order chi connectivity index (χ1) is 10.0. The van der Waals surface area contributed by atoms with Crippen LogP contribution in [0.3, 0.4) is 0 Å². The molecule has 1 aromatic rings. The number of nitrogens with zero attached hydrogens (tertiary/aromatic N) is 1. The van der Waals surface area contributed by atoms with E-state index in [1.807, 2.05) is 0 Å². The first-order valence-corrected chi connectivity index (χ1v) is 7.43. The van der Waals surface area contributed by atoms with Crippen LogP contribution < -0.4 is 5.73 Å². The molecule has 2 heterocycles. The Labute approximate surface area is 129 Å². The first-order valence-electron chi connectivity index (χ1n) is 6.18. The third kappa shape index (κ3) is 2.16. The molecule has 3 amide bonds. The standard InChI is InChI=1S/C14H11ClN2O3S/c15-7-3-4-9-8(6-7)11(13(19)17(9)14(16)20)12(18)10-2-1-5-21-10/h1-5,8,18H,6H2,(H2,16,20)/b12-11-. The number of primary amides is 1. The van der Waals surface area contributed by atoms with Gasteiger partial charge in [0.25, 0.3) is 5.91 Å². The van der Waals surface area contributed by atoms with E-state index in [1.165, 1.54) is 11.3 Å². The highest BCUT2D eigenvalue weighted by Crippen LogP contribution is 2.44. The third-order valence-corrected chi connectivity index (χ3v) is 4.62. The molecule has 0 bridgehead atoms. The molecule has 3 rings (SSSR count). The van der Waals surface area contributed by atoms with Gasteiger partial charge in [0.15, 0.2) is 0 Å². The van der Waals surface area contributed by atoms with Gasteiger partial charge in [-0.3, -0.25) is 4.79 Å². The van der Waals surface area contributed by atoms with Crippen LogP contribution in [-0.4, -0.2) is 21.9 Å². The molecular weight excluding hydrogens is 312 g/mol. The van der Waals surface area contributed by atoms with Crippen LogP contribution in [0.25, 0.3) is 5.76 Å². The lowest BCUT2D eigenvalue weighted by Crippen LogP contribution is -2.36. The van der Waals surface area contributed by atoms with E-state index in [9.17, 15) is 14.7 Å². The molecule has 1 atom stereocenters. The number of allylic oxidation sites excluding steroid dienone is 4.